The maximum Gasteiger partial charge on any atom is 0.260 e. The van der Waals surface area contributed by atoms with Crippen LogP contribution in [0.15, 0.2) is 54.7 Å². The number of ether oxygens (including phenoxy) is 1. The summed E-state index contributed by atoms with van der Waals surface area (Å²) < 4.78 is 5.09. The summed E-state index contributed by atoms with van der Waals surface area (Å²) in [7, 11) is 1.60. The molecule has 22 heavy (non-hydrogen) atoms. The van der Waals surface area contributed by atoms with E-state index in [1.807, 2.05) is 24.3 Å². The molecule has 2 aromatic rings. The van der Waals surface area contributed by atoms with Gasteiger partial charge in [0.15, 0.2) is 0 Å². The third kappa shape index (κ3) is 2.56. The molecule has 5 nitrogen and oxygen atoms in total. The second-order valence-corrected chi connectivity index (χ2v) is 4.76. The van der Waals surface area contributed by atoms with Crippen molar-refractivity contribution in [3.63, 3.8) is 0 Å². The van der Waals surface area contributed by atoms with E-state index in [0.29, 0.717) is 16.7 Å². The molecule has 110 valence electrons. The van der Waals surface area contributed by atoms with Crippen molar-refractivity contribution in [2.45, 2.75) is 0 Å². The molecule has 0 spiro atoms. The average molecular weight is 294 g/mol. The number of fused-ring (bicyclic) bond motifs is 1. The zero-order valence-corrected chi connectivity index (χ0v) is 11.9. The highest BCUT2D eigenvalue weighted by molar-refractivity contribution is 6.31. The summed E-state index contributed by atoms with van der Waals surface area (Å²) in [6.45, 7) is 0. The quantitative estimate of drug-likeness (QED) is 0.674. The van der Waals surface area contributed by atoms with E-state index in [1.165, 1.54) is 0 Å². The minimum absolute atomic E-state index is 0.373. The molecule has 1 aliphatic rings. The van der Waals surface area contributed by atoms with Crippen LogP contribution in [0.4, 0.5) is 5.69 Å². The second kappa shape index (κ2) is 5.73. The van der Waals surface area contributed by atoms with E-state index in [1.54, 1.807) is 37.6 Å². The predicted molar refractivity (Wildman–Crippen MR) is 83.5 cm³/mol. The zero-order chi connectivity index (χ0) is 15.5. The van der Waals surface area contributed by atoms with E-state index in [0.717, 1.165) is 11.4 Å². The number of nitrogens with one attached hydrogen (secondary N) is 2. The summed E-state index contributed by atoms with van der Waals surface area (Å²) in [4.78, 5) is 23.8. The van der Waals surface area contributed by atoms with Crippen LogP contribution in [0.5, 0.6) is 5.75 Å². The van der Waals surface area contributed by atoms with Gasteiger partial charge in [0.1, 0.15) is 5.75 Å². The van der Waals surface area contributed by atoms with Gasteiger partial charge in [-0.3, -0.25) is 14.9 Å². The maximum absolute atomic E-state index is 12.0. The van der Waals surface area contributed by atoms with Crippen molar-refractivity contribution >= 4 is 23.1 Å². The molecule has 0 radical (unpaired) electrons. The molecule has 2 amide bonds. The van der Waals surface area contributed by atoms with E-state index in [4.69, 9.17) is 4.74 Å². The molecule has 0 fully saturated rings. The Morgan fingerprint density at radius 1 is 0.955 bits per heavy atom. The number of anilines is 1. The van der Waals surface area contributed by atoms with Gasteiger partial charge in [-0.15, -0.1) is 0 Å². The van der Waals surface area contributed by atoms with E-state index < -0.39 is 5.91 Å². The van der Waals surface area contributed by atoms with Crippen molar-refractivity contribution < 1.29 is 14.3 Å². The normalized spacial score (nSPS) is 15.2. The number of rotatable bonds is 3. The molecular formula is C17H14N2O3. The number of hydrogen-bond donors (Lipinski definition) is 2. The van der Waals surface area contributed by atoms with Crippen LogP contribution in [0.1, 0.15) is 15.9 Å². The molecule has 2 aromatic carbocycles. The van der Waals surface area contributed by atoms with Gasteiger partial charge in [-0.25, -0.2) is 0 Å². The topological polar surface area (TPSA) is 67.4 Å². The third-order valence-electron chi connectivity index (χ3n) is 3.41. The van der Waals surface area contributed by atoms with Gasteiger partial charge in [0, 0.05) is 23.0 Å². The molecular weight excluding hydrogens is 280 g/mol. The number of carbonyl (C=O) groups is 2. The fourth-order valence-corrected chi connectivity index (χ4v) is 2.26. The van der Waals surface area contributed by atoms with Gasteiger partial charge in [0.2, 0.25) is 0 Å². The summed E-state index contributed by atoms with van der Waals surface area (Å²) in [6, 6.07) is 14.3. The summed E-state index contributed by atoms with van der Waals surface area (Å²) >= 11 is 0. The Hall–Kier alpha value is -3.08. The van der Waals surface area contributed by atoms with Gasteiger partial charge in [-0.05, 0) is 30.3 Å². The van der Waals surface area contributed by atoms with Gasteiger partial charge in [-0.2, -0.15) is 0 Å². The summed E-state index contributed by atoms with van der Waals surface area (Å²) in [5.74, 6) is -0.0311. The maximum atomic E-state index is 12.0. The molecule has 3 rings (SSSR count). The molecule has 2 N–H and O–H groups in total. The number of methoxy groups -OCH3 is 1. The fraction of sp³-hybridized carbons (Fsp3) is 0.0588. The van der Waals surface area contributed by atoms with Crippen LogP contribution in [0.25, 0.3) is 5.57 Å². The Morgan fingerprint density at radius 2 is 1.64 bits per heavy atom. The van der Waals surface area contributed by atoms with E-state index in [2.05, 4.69) is 10.6 Å². The largest absolute Gasteiger partial charge is 0.497 e. The number of amides is 2. The third-order valence-corrected chi connectivity index (χ3v) is 3.41. The van der Waals surface area contributed by atoms with Gasteiger partial charge in [-0.1, -0.05) is 18.2 Å². The molecule has 0 saturated carbocycles. The van der Waals surface area contributed by atoms with Crippen molar-refractivity contribution in [2.75, 3.05) is 12.4 Å². The molecule has 0 atom stereocenters. The minimum atomic E-state index is -0.412. The summed E-state index contributed by atoms with van der Waals surface area (Å²) in [6.07, 6.45) is 1.60. The molecule has 1 aliphatic heterocycles. The highest BCUT2D eigenvalue weighted by Crippen LogP contribution is 2.24. The number of benzene rings is 2. The Bertz CT molecular complexity index is 764. The van der Waals surface area contributed by atoms with Gasteiger partial charge < -0.3 is 10.1 Å². The van der Waals surface area contributed by atoms with Crippen LogP contribution in [0, 0.1) is 0 Å². The molecule has 1 heterocycles. The molecule has 0 aliphatic carbocycles. The van der Waals surface area contributed by atoms with Crippen LogP contribution in [0.3, 0.4) is 0 Å². The molecule has 5 heteroatoms. The molecule has 0 saturated heterocycles. The lowest BCUT2D eigenvalue weighted by molar-refractivity contribution is -0.114. The second-order valence-electron chi connectivity index (χ2n) is 4.76. The van der Waals surface area contributed by atoms with Crippen LogP contribution >= 0.6 is 0 Å². The van der Waals surface area contributed by atoms with Gasteiger partial charge >= 0.3 is 0 Å². The van der Waals surface area contributed by atoms with Gasteiger partial charge in [0.25, 0.3) is 11.8 Å². The predicted octanol–water partition coefficient (Wildman–Crippen LogP) is 2.42. The first-order valence-electron chi connectivity index (χ1n) is 6.75. The van der Waals surface area contributed by atoms with Crippen LogP contribution in [-0.2, 0) is 4.79 Å². The minimum Gasteiger partial charge on any atom is -0.497 e. The summed E-state index contributed by atoms with van der Waals surface area (Å²) in [5, 5.41) is 5.40. The van der Waals surface area contributed by atoms with Crippen molar-refractivity contribution in [1.29, 1.82) is 0 Å². The fourth-order valence-electron chi connectivity index (χ4n) is 2.26. The first-order valence-corrected chi connectivity index (χ1v) is 6.75. The molecule has 0 aromatic heterocycles. The van der Waals surface area contributed by atoms with E-state index in [9.17, 15) is 9.59 Å². The number of imide groups is 1. The van der Waals surface area contributed by atoms with Crippen molar-refractivity contribution in [3.05, 3.63) is 65.9 Å². The molecule has 0 bridgehead atoms. The Kier molecular flexibility index (Phi) is 3.62. The standard InChI is InChI=1S/C17H14N2O3/c1-22-12-8-6-11(7-9-12)18-10-15-13-4-2-3-5-14(13)16(20)19-17(15)21/h2-10,18H,1H3,(H,19,20,21)/b15-10-. The van der Waals surface area contributed by atoms with Gasteiger partial charge in [0.05, 0.1) is 12.7 Å². The van der Waals surface area contributed by atoms with E-state index >= 15 is 0 Å². The first-order chi connectivity index (χ1) is 10.7. The lowest BCUT2D eigenvalue weighted by Crippen LogP contribution is -2.36. The number of carbonyl (C=O) groups excluding carboxylic acids is 2. The highest BCUT2D eigenvalue weighted by atomic mass is 16.5. The van der Waals surface area contributed by atoms with Crippen LogP contribution in [-0.4, -0.2) is 18.9 Å². The van der Waals surface area contributed by atoms with Crippen molar-refractivity contribution in [2.24, 2.45) is 0 Å². The van der Waals surface area contributed by atoms with Crippen molar-refractivity contribution in [3.8, 4) is 5.75 Å². The number of hydrogen-bond acceptors (Lipinski definition) is 4. The lowest BCUT2D eigenvalue weighted by Gasteiger charge is -2.18. The highest BCUT2D eigenvalue weighted by Gasteiger charge is 2.26. The Balaban J connectivity index is 1.91. The van der Waals surface area contributed by atoms with Crippen LogP contribution in [0.2, 0.25) is 0 Å². The average Bonchev–Trinajstić information content (AvgIpc) is 2.55. The van der Waals surface area contributed by atoms with Crippen molar-refractivity contribution in [1.82, 2.24) is 5.32 Å². The van der Waals surface area contributed by atoms with E-state index in [-0.39, 0.29) is 5.91 Å². The molecule has 0 unspecified atom stereocenters. The Morgan fingerprint density at radius 3 is 2.32 bits per heavy atom. The first kappa shape index (κ1) is 13.9. The lowest BCUT2D eigenvalue weighted by atomic mass is 9.96. The monoisotopic (exact) mass is 294 g/mol. The SMILES string of the molecule is COc1ccc(N/C=C2\C(=O)NC(=O)c3ccccc32)cc1. The smallest absolute Gasteiger partial charge is 0.260 e. The zero-order valence-electron chi connectivity index (χ0n) is 11.9. The Labute approximate surface area is 127 Å². The van der Waals surface area contributed by atoms with Crippen LogP contribution < -0.4 is 15.4 Å². The summed E-state index contributed by atoms with van der Waals surface area (Å²) in [5.41, 5.74) is 2.35.